The van der Waals surface area contributed by atoms with Crippen molar-refractivity contribution in [3.8, 4) is 11.5 Å². The second kappa shape index (κ2) is 6.67. The van der Waals surface area contributed by atoms with E-state index in [1.54, 1.807) is 18.2 Å². The lowest BCUT2D eigenvalue weighted by molar-refractivity contribution is 0.171. The van der Waals surface area contributed by atoms with Gasteiger partial charge in [-0.1, -0.05) is 6.07 Å². The number of nitrogens with one attached hydrogen (secondary N) is 2. The van der Waals surface area contributed by atoms with E-state index in [1.807, 2.05) is 17.5 Å². The zero-order valence-electron chi connectivity index (χ0n) is 11.7. The summed E-state index contributed by atoms with van der Waals surface area (Å²) in [7, 11) is 0. The number of hydrogen-bond acceptors (Lipinski definition) is 5. The maximum absolute atomic E-state index is 11.8. The van der Waals surface area contributed by atoms with Crippen molar-refractivity contribution in [3.63, 3.8) is 0 Å². The summed E-state index contributed by atoms with van der Waals surface area (Å²) < 4.78 is 10.5. The molecule has 1 aliphatic rings. The second-order valence-corrected chi connectivity index (χ2v) is 5.75. The average molecular weight is 320 g/mol. The number of aliphatic hydroxyl groups is 1. The predicted molar refractivity (Wildman–Crippen MR) is 83.5 cm³/mol. The number of rotatable bonds is 5. The number of fused-ring (bicyclic) bond motifs is 1. The highest BCUT2D eigenvalue weighted by Gasteiger charge is 2.14. The van der Waals surface area contributed by atoms with Gasteiger partial charge in [0.25, 0.3) is 0 Å². The van der Waals surface area contributed by atoms with Gasteiger partial charge in [0.05, 0.1) is 6.10 Å². The molecule has 0 aliphatic carbocycles. The first-order chi connectivity index (χ1) is 10.7. The van der Waals surface area contributed by atoms with E-state index >= 15 is 0 Å². The molecule has 1 aromatic carbocycles. The van der Waals surface area contributed by atoms with Crippen LogP contribution in [0.15, 0.2) is 35.7 Å². The van der Waals surface area contributed by atoms with Crippen LogP contribution in [0.2, 0.25) is 0 Å². The van der Waals surface area contributed by atoms with E-state index in [9.17, 15) is 9.90 Å². The van der Waals surface area contributed by atoms with Crippen LogP contribution >= 0.6 is 11.3 Å². The molecule has 22 heavy (non-hydrogen) atoms. The molecule has 7 heteroatoms. The van der Waals surface area contributed by atoms with Crippen molar-refractivity contribution >= 4 is 23.1 Å². The van der Waals surface area contributed by atoms with Gasteiger partial charge in [-0.2, -0.15) is 0 Å². The molecule has 1 atom stereocenters. The van der Waals surface area contributed by atoms with E-state index in [4.69, 9.17) is 9.47 Å². The van der Waals surface area contributed by atoms with Crippen LogP contribution in [-0.4, -0.2) is 24.5 Å². The summed E-state index contributed by atoms with van der Waals surface area (Å²) in [4.78, 5) is 12.7. The van der Waals surface area contributed by atoms with Gasteiger partial charge >= 0.3 is 6.03 Å². The fourth-order valence-electron chi connectivity index (χ4n) is 2.10. The quantitative estimate of drug-likeness (QED) is 0.791. The first-order valence-electron chi connectivity index (χ1n) is 6.88. The van der Waals surface area contributed by atoms with E-state index in [2.05, 4.69) is 10.6 Å². The van der Waals surface area contributed by atoms with Crippen molar-refractivity contribution < 1.29 is 19.4 Å². The van der Waals surface area contributed by atoms with Crippen LogP contribution in [0, 0.1) is 0 Å². The third-order valence-corrected chi connectivity index (χ3v) is 4.18. The molecule has 6 nitrogen and oxygen atoms in total. The molecule has 0 fully saturated rings. The average Bonchev–Trinajstić information content (AvgIpc) is 3.18. The molecule has 0 spiro atoms. The third-order valence-electron chi connectivity index (χ3n) is 3.21. The van der Waals surface area contributed by atoms with Gasteiger partial charge in [-0.05, 0) is 30.0 Å². The van der Waals surface area contributed by atoms with Crippen molar-refractivity contribution in [3.05, 3.63) is 40.6 Å². The monoisotopic (exact) mass is 320 g/mol. The molecule has 1 aliphatic heterocycles. The Labute approximate surface area is 131 Å². The van der Waals surface area contributed by atoms with E-state index in [0.717, 1.165) is 4.88 Å². The Bertz CT molecular complexity index is 645. The van der Waals surface area contributed by atoms with Crippen LogP contribution in [-0.2, 0) is 0 Å². The smallest absolute Gasteiger partial charge is 0.319 e. The summed E-state index contributed by atoms with van der Waals surface area (Å²) in [5.41, 5.74) is 0.626. The Morgan fingerprint density at radius 2 is 2.18 bits per heavy atom. The summed E-state index contributed by atoms with van der Waals surface area (Å²) in [5.74, 6) is 1.29. The molecule has 0 saturated carbocycles. The Hall–Kier alpha value is -2.25. The van der Waals surface area contributed by atoms with Crippen LogP contribution < -0.4 is 20.1 Å². The zero-order valence-corrected chi connectivity index (χ0v) is 12.6. The molecule has 0 bridgehead atoms. The van der Waals surface area contributed by atoms with Crippen molar-refractivity contribution in [2.75, 3.05) is 18.7 Å². The first kappa shape index (κ1) is 14.7. The summed E-state index contributed by atoms with van der Waals surface area (Å²) in [5, 5.41) is 17.3. The molecule has 1 aromatic heterocycles. The molecule has 2 aromatic rings. The molecule has 116 valence electrons. The topological polar surface area (TPSA) is 79.8 Å². The number of thiophene rings is 1. The van der Waals surface area contributed by atoms with E-state index in [-0.39, 0.29) is 12.8 Å². The van der Waals surface area contributed by atoms with Crippen molar-refractivity contribution in [2.24, 2.45) is 0 Å². The Morgan fingerprint density at radius 1 is 1.32 bits per heavy atom. The minimum Gasteiger partial charge on any atom is -0.454 e. The van der Waals surface area contributed by atoms with Gasteiger partial charge in [0.1, 0.15) is 0 Å². The van der Waals surface area contributed by atoms with E-state index in [1.165, 1.54) is 11.3 Å². The Morgan fingerprint density at radius 3 is 3.00 bits per heavy atom. The molecule has 0 unspecified atom stereocenters. The first-order valence-corrected chi connectivity index (χ1v) is 7.76. The van der Waals surface area contributed by atoms with Crippen molar-refractivity contribution in [1.29, 1.82) is 0 Å². The van der Waals surface area contributed by atoms with Crippen molar-refractivity contribution in [2.45, 2.75) is 12.5 Å². The highest BCUT2D eigenvalue weighted by Crippen LogP contribution is 2.34. The summed E-state index contributed by atoms with van der Waals surface area (Å²) in [6.45, 7) is 0.584. The SMILES string of the molecule is O=C(NCC[C@@H](O)c1cccs1)Nc1ccc2c(c1)OCO2. The summed E-state index contributed by atoms with van der Waals surface area (Å²) in [6, 6.07) is 8.65. The highest BCUT2D eigenvalue weighted by molar-refractivity contribution is 7.10. The van der Waals surface area contributed by atoms with E-state index < -0.39 is 6.10 Å². The summed E-state index contributed by atoms with van der Waals surface area (Å²) >= 11 is 1.50. The van der Waals surface area contributed by atoms with Crippen LogP contribution in [0.4, 0.5) is 10.5 Å². The molecular weight excluding hydrogens is 304 g/mol. The van der Waals surface area contributed by atoms with Crippen LogP contribution in [0.5, 0.6) is 11.5 Å². The standard InChI is InChI=1S/C15H16N2O4S/c18-11(14-2-1-7-22-14)5-6-16-15(19)17-10-3-4-12-13(8-10)21-9-20-12/h1-4,7-8,11,18H,5-6,9H2,(H2,16,17,19)/t11-/m1/s1. The lowest BCUT2D eigenvalue weighted by Gasteiger charge is -2.11. The number of urea groups is 1. The number of hydrogen-bond donors (Lipinski definition) is 3. The third kappa shape index (κ3) is 3.49. The number of benzene rings is 1. The predicted octanol–water partition coefficient (Wildman–Crippen LogP) is 2.72. The van der Waals surface area contributed by atoms with Gasteiger partial charge in [0.2, 0.25) is 6.79 Å². The van der Waals surface area contributed by atoms with E-state index in [0.29, 0.717) is 30.2 Å². The lowest BCUT2D eigenvalue weighted by Crippen LogP contribution is -2.30. The fraction of sp³-hybridized carbons (Fsp3) is 0.267. The Balaban J connectivity index is 1.44. The number of ether oxygens (including phenoxy) is 2. The van der Waals surface area contributed by atoms with Crippen molar-refractivity contribution in [1.82, 2.24) is 5.32 Å². The molecule has 0 radical (unpaired) electrons. The van der Waals surface area contributed by atoms with Crippen LogP contribution in [0.3, 0.4) is 0 Å². The minimum absolute atomic E-state index is 0.200. The molecule has 2 heterocycles. The number of amides is 2. The number of carbonyl (C=O) groups excluding carboxylic acids is 1. The lowest BCUT2D eigenvalue weighted by atomic mass is 10.2. The Kier molecular flexibility index (Phi) is 4.45. The van der Waals surface area contributed by atoms with Gasteiger partial charge in [0.15, 0.2) is 11.5 Å². The number of carbonyl (C=O) groups is 1. The van der Waals surface area contributed by atoms with Crippen LogP contribution in [0.25, 0.3) is 0 Å². The summed E-state index contributed by atoms with van der Waals surface area (Å²) in [6.07, 6.45) is -0.0828. The molecule has 0 saturated heterocycles. The van der Waals surface area contributed by atoms with Gasteiger partial charge in [-0.3, -0.25) is 0 Å². The van der Waals surface area contributed by atoms with Gasteiger partial charge in [0, 0.05) is 23.2 Å². The van der Waals surface area contributed by atoms with Gasteiger partial charge in [-0.25, -0.2) is 4.79 Å². The second-order valence-electron chi connectivity index (χ2n) is 4.77. The molecule has 3 N–H and O–H groups in total. The van der Waals surface area contributed by atoms with Gasteiger partial charge in [-0.15, -0.1) is 11.3 Å². The fourth-order valence-corrected chi connectivity index (χ4v) is 2.84. The highest BCUT2D eigenvalue weighted by atomic mass is 32.1. The maximum Gasteiger partial charge on any atom is 0.319 e. The number of aliphatic hydroxyl groups excluding tert-OH is 1. The number of anilines is 1. The minimum atomic E-state index is -0.550. The normalized spacial score (nSPS) is 13.7. The molecule has 2 amide bonds. The van der Waals surface area contributed by atoms with Gasteiger partial charge < -0.3 is 25.2 Å². The molecule has 3 rings (SSSR count). The molecular formula is C15H16N2O4S. The van der Waals surface area contributed by atoms with Crippen LogP contribution in [0.1, 0.15) is 17.4 Å². The zero-order chi connectivity index (χ0) is 15.4. The maximum atomic E-state index is 11.8. The largest absolute Gasteiger partial charge is 0.454 e.